The van der Waals surface area contributed by atoms with Gasteiger partial charge in [0, 0.05) is 34.8 Å². The Kier molecular flexibility index (Phi) is 6.41. The van der Waals surface area contributed by atoms with Crippen molar-refractivity contribution in [2.45, 2.75) is 18.6 Å². The number of nitrogens with zero attached hydrogens (tertiary/aromatic N) is 1. The van der Waals surface area contributed by atoms with Crippen LogP contribution in [0.15, 0.2) is 72.8 Å². The highest BCUT2D eigenvalue weighted by molar-refractivity contribution is 5.94. The summed E-state index contributed by atoms with van der Waals surface area (Å²) >= 11 is 0. The third-order valence-electron chi connectivity index (χ3n) is 6.68. The first kappa shape index (κ1) is 24.5. The van der Waals surface area contributed by atoms with Crippen LogP contribution in [-0.4, -0.2) is 36.6 Å². The highest BCUT2D eigenvalue weighted by Crippen LogP contribution is 2.42. The smallest absolute Gasteiger partial charge is 0.416 e. The molecule has 1 aliphatic rings. The highest BCUT2D eigenvalue weighted by Gasteiger charge is 2.35. The van der Waals surface area contributed by atoms with Gasteiger partial charge in [0.15, 0.2) is 0 Å². The van der Waals surface area contributed by atoms with E-state index in [1.54, 1.807) is 19.1 Å². The van der Waals surface area contributed by atoms with Crippen molar-refractivity contribution in [3.8, 4) is 11.5 Å². The number of H-pyrrole nitrogens is 1. The number of benzene rings is 3. The fraction of sp³-hybridized carbons (Fsp3) is 0.207. The van der Waals surface area contributed by atoms with Crippen molar-refractivity contribution in [1.29, 1.82) is 0 Å². The number of methoxy groups -OCH3 is 2. The van der Waals surface area contributed by atoms with Gasteiger partial charge in [-0.3, -0.25) is 4.79 Å². The molecule has 0 aliphatic carbocycles. The molecule has 0 bridgehead atoms. The minimum absolute atomic E-state index is 0.299. The topological polar surface area (TPSA) is 54.6 Å². The molecule has 0 radical (unpaired) electrons. The van der Waals surface area contributed by atoms with Crippen molar-refractivity contribution >= 4 is 22.9 Å². The molecular formula is C29H25F3N2O3. The van der Waals surface area contributed by atoms with E-state index in [9.17, 15) is 18.0 Å². The molecule has 5 rings (SSSR count). The van der Waals surface area contributed by atoms with Crippen LogP contribution in [0.5, 0.6) is 11.5 Å². The van der Waals surface area contributed by atoms with Gasteiger partial charge in [-0.2, -0.15) is 13.2 Å². The van der Waals surface area contributed by atoms with Crippen molar-refractivity contribution < 1.29 is 27.4 Å². The summed E-state index contributed by atoms with van der Waals surface area (Å²) in [6.45, 7) is 0.422. The monoisotopic (exact) mass is 506 g/mol. The van der Waals surface area contributed by atoms with Gasteiger partial charge in [-0.1, -0.05) is 30.3 Å². The fourth-order valence-electron chi connectivity index (χ4n) is 4.93. The second-order valence-electron chi connectivity index (χ2n) is 8.81. The number of rotatable bonds is 5. The number of aromatic nitrogens is 1. The molecule has 1 unspecified atom stereocenters. The normalized spacial score (nSPS) is 15.7. The Morgan fingerprint density at radius 2 is 1.84 bits per heavy atom. The maximum atomic E-state index is 13.5. The number of alkyl halides is 3. The van der Waals surface area contributed by atoms with Gasteiger partial charge in [-0.05, 0) is 60.0 Å². The van der Waals surface area contributed by atoms with E-state index in [4.69, 9.17) is 9.47 Å². The van der Waals surface area contributed by atoms with Crippen LogP contribution in [-0.2, 0) is 17.4 Å². The van der Waals surface area contributed by atoms with E-state index in [1.165, 1.54) is 24.3 Å². The number of hydrogen-bond acceptors (Lipinski definition) is 3. The molecule has 1 atom stereocenters. The third kappa shape index (κ3) is 4.67. The summed E-state index contributed by atoms with van der Waals surface area (Å²) in [4.78, 5) is 18.7. The zero-order valence-corrected chi connectivity index (χ0v) is 20.3. The van der Waals surface area contributed by atoms with Crippen LogP contribution >= 0.6 is 0 Å². The van der Waals surface area contributed by atoms with Gasteiger partial charge in [0.05, 0.1) is 19.8 Å². The molecule has 1 aliphatic heterocycles. The molecule has 4 aromatic rings. The fourth-order valence-corrected chi connectivity index (χ4v) is 4.93. The number of nitrogens with one attached hydrogen (secondary N) is 1. The Labute approximate surface area is 212 Å². The first-order valence-corrected chi connectivity index (χ1v) is 11.8. The molecule has 3 aromatic carbocycles. The first-order chi connectivity index (χ1) is 17.8. The summed E-state index contributed by atoms with van der Waals surface area (Å²) < 4.78 is 50.4. The summed E-state index contributed by atoms with van der Waals surface area (Å²) in [5.74, 6) is 1.07. The minimum Gasteiger partial charge on any atom is -0.497 e. The Hall–Kier alpha value is -4.20. The van der Waals surface area contributed by atoms with E-state index >= 15 is 0 Å². The van der Waals surface area contributed by atoms with E-state index in [1.807, 2.05) is 42.5 Å². The number of carbonyl (C=O) groups excluding carboxylic acids is 1. The first-order valence-electron chi connectivity index (χ1n) is 11.8. The van der Waals surface area contributed by atoms with Crippen LogP contribution in [0.2, 0.25) is 0 Å². The van der Waals surface area contributed by atoms with E-state index in [-0.39, 0.29) is 5.91 Å². The molecule has 5 nitrogen and oxygen atoms in total. The summed E-state index contributed by atoms with van der Waals surface area (Å²) in [7, 11) is 3.20. The van der Waals surface area contributed by atoms with E-state index < -0.39 is 17.8 Å². The third-order valence-corrected chi connectivity index (χ3v) is 6.68. The minimum atomic E-state index is -4.45. The van der Waals surface area contributed by atoms with Crippen molar-refractivity contribution in [2.75, 3.05) is 20.8 Å². The lowest BCUT2D eigenvalue weighted by Gasteiger charge is -2.36. The molecule has 190 valence electrons. The predicted molar refractivity (Wildman–Crippen MR) is 136 cm³/mol. The van der Waals surface area contributed by atoms with Gasteiger partial charge in [0.2, 0.25) is 5.91 Å². The molecule has 0 saturated heterocycles. The summed E-state index contributed by atoms with van der Waals surface area (Å²) in [6, 6.07) is 17.8. The average Bonchev–Trinajstić information content (AvgIpc) is 3.28. The summed E-state index contributed by atoms with van der Waals surface area (Å²) in [5, 5.41) is 1.03. The Morgan fingerprint density at radius 3 is 2.59 bits per heavy atom. The van der Waals surface area contributed by atoms with E-state index in [2.05, 4.69) is 4.98 Å². The number of amides is 1. The van der Waals surface area contributed by atoms with Crippen molar-refractivity contribution in [2.24, 2.45) is 0 Å². The van der Waals surface area contributed by atoms with Crippen LogP contribution in [0.1, 0.15) is 34.0 Å². The SMILES string of the molecule is COc1ccc2[nH]c3c(c2c1)CCN(C(=O)/C=C/c1cccc(C(F)(F)F)c1)C3c1ccccc1OC. The standard InChI is InChI=1S/C29H25F3N2O3/c1-36-20-11-12-24-23(17-20)21-14-15-34(28(27(21)33-24)22-8-3-4-9-25(22)37-2)26(35)13-10-18-6-5-7-19(16-18)29(30,31)32/h3-13,16-17,28,33H,14-15H2,1-2H3/b13-10+. The average molecular weight is 507 g/mol. The van der Waals surface area contributed by atoms with Gasteiger partial charge in [0.1, 0.15) is 17.5 Å². The second kappa shape index (κ2) is 9.69. The zero-order valence-electron chi connectivity index (χ0n) is 20.3. The van der Waals surface area contributed by atoms with Gasteiger partial charge in [-0.15, -0.1) is 0 Å². The number of aromatic amines is 1. The molecule has 0 spiro atoms. The molecule has 37 heavy (non-hydrogen) atoms. The molecule has 0 fully saturated rings. The van der Waals surface area contributed by atoms with Crippen LogP contribution in [0.4, 0.5) is 13.2 Å². The number of carbonyl (C=O) groups is 1. The Bertz CT molecular complexity index is 1490. The second-order valence-corrected chi connectivity index (χ2v) is 8.81. The number of para-hydroxylation sites is 1. The van der Waals surface area contributed by atoms with Gasteiger partial charge < -0.3 is 19.4 Å². The van der Waals surface area contributed by atoms with Crippen LogP contribution in [0.3, 0.4) is 0 Å². The lowest BCUT2D eigenvalue weighted by atomic mass is 9.91. The van der Waals surface area contributed by atoms with Crippen LogP contribution in [0.25, 0.3) is 17.0 Å². The Morgan fingerprint density at radius 1 is 1.03 bits per heavy atom. The lowest BCUT2D eigenvalue weighted by molar-refractivity contribution is -0.137. The predicted octanol–water partition coefficient (Wildman–Crippen LogP) is 6.39. The zero-order chi connectivity index (χ0) is 26.2. The van der Waals surface area contributed by atoms with Crippen molar-refractivity contribution in [3.05, 3.63) is 101 Å². The number of fused-ring (bicyclic) bond motifs is 3. The molecule has 2 heterocycles. The quantitative estimate of drug-likeness (QED) is 0.319. The maximum Gasteiger partial charge on any atom is 0.416 e. The molecular weight excluding hydrogens is 481 g/mol. The summed E-state index contributed by atoms with van der Waals surface area (Å²) in [5.41, 5.74) is 3.25. The molecule has 8 heteroatoms. The molecule has 1 amide bonds. The van der Waals surface area contributed by atoms with Crippen LogP contribution < -0.4 is 9.47 Å². The van der Waals surface area contributed by atoms with Crippen LogP contribution in [0, 0.1) is 0 Å². The number of hydrogen-bond donors (Lipinski definition) is 1. The highest BCUT2D eigenvalue weighted by atomic mass is 19.4. The molecule has 1 N–H and O–H groups in total. The molecule has 1 aromatic heterocycles. The Balaban J connectivity index is 1.56. The van der Waals surface area contributed by atoms with Gasteiger partial charge in [-0.25, -0.2) is 0 Å². The van der Waals surface area contributed by atoms with Gasteiger partial charge >= 0.3 is 6.18 Å². The van der Waals surface area contributed by atoms with Gasteiger partial charge in [0.25, 0.3) is 0 Å². The van der Waals surface area contributed by atoms with E-state index in [0.717, 1.165) is 45.6 Å². The number of ether oxygens (including phenoxy) is 2. The molecule has 0 saturated carbocycles. The van der Waals surface area contributed by atoms with Crippen molar-refractivity contribution in [3.63, 3.8) is 0 Å². The maximum absolute atomic E-state index is 13.5. The largest absolute Gasteiger partial charge is 0.497 e. The summed E-state index contributed by atoms with van der Waals surface area (Å²) in [6.07, 6.45) is -1.10. The van der Waals surface area contributed by atoms with E-state index in [0.29, 0.717) is 24.3 Å². The number of halogens is 3. The lowest BCUT2D eigenvalue weighted by Crippen LogP contribution is -2.39. The van der Waals surface area contributed by atoms with Crippen molar-refractivity contribution in [1.82, 2.24) is 9.88 Å².